The third-order valence-corrected chi connectivity index (χ3v) is 4.39. The molecule has 0 fully saturated rings. The second-order valence-corrected chi connectivity index (χ2v) is 6.24. The summed E-state index contributed by atoms with van der Waals surface area (Å²) in [7, 11) is 0. The van der Waals surface area contributed by atoms with Gasteiger partial charge >= 0.3 is 0 Å². The van der Waals surface area contributed by atoms with Gasteiger partial charge in [0.2, 0.25) is 12.2 Å². The molecule has 0 aliphatic carbocycles. The maximum atomic E-state index is 10.1. The van der Waals surface area contributed by atoms with E-state index in [1.165, 1.54) is 12.2 Å². The fraction of sp³-hybridized carbons (Fsp3) is 0.333. The molecule has 0 aromatic heterocycles. The lowest BCUT2D eigenvalue weighted by Gasteiger charge is -2.24. The number of nitrogens with zero attached hydrogens (tertiary/aromatic N) is 2. The van der Waals surface area contributed by atoms with Gasteiger partial charge in [0.15, 0.2) is 0 Å². The summed E-state index contributed by atoms with van der Waals surface area (Å²) in [6, 6.07) is 14.7. The van der Waals surface area contributed by atoms with Crippen LogP contribution in [0.4, 0.5) is 11.4 Å². The summed E-state index contributed by atoms with van der Waals surface area (Å²) in [6.07, 6.45) is 4.36. The fourth-order valence-electron chi connectivity index (χ4n) is 2.20. The first-order valence-electron chi connectivity index (χ1n) is 8.72. The molecule has 28 heavy (non-hydrogen) atoms. The van der Waals surface area contributed by atoms with Gasteiger partial charge in [-0.1, -0.05) is 31.2 Å². The van der Waals surface area contributed by atoms with Crippen molar-refractivity contribution in [2.45, 2.75) is 19.8 Å². The van der Waals surface area contributed by atoms with E-state index in [9.17, 15) is 9.59 Å². The number of rotatable bonds is 8. The smallest absolute Gasteiger partial charge is 0.240 e. The number of hydrogen-bond donors (Lipinski definition) is 3. The van der Waals surface area contributed by atoms with Crippen LogP contribution >= 0.6 is 0 Å². The lowest BCUT2D eigenvalue weighted by molar-refractivity contribution is 0.00304. The number of aliphatic hydroxyl groups is 3. The van der Waals surface area contributed by atoms with E-state index in [0.29, 0.717) is 17.8 Å². The predicted molar refractivity (Wildman–Crippen MR) is 105 cm³/mol. The van der Waals surface area contributed by atoms with E-state index in [1.54, 1.807) is 24.3 Å². The van der Waals surface area contributed by atoms with Gasteiger partial charge in [-0.25, -0.2) is 9.59 Å². The van der Waals surface area contributed by atoms with Crippen LogP contribution in [0.5, 0.6) is 0 Å². The largest absolute Gasteiger partial charge is 0.396 e. The minimum Gasteiger partial charge on any atom is -0.396 e. The van der Waals surface area contributed by atoms with Crippen LogP contribution in [0.2, 0.25) is 0 Å². The van der Waals surface area contributed by atoms with E-state index in [0.717, 1.165) is 17.5 Å². The van der Waals surface area contributed by atoms with Crippen LogP contribution in [0, 0.1) is 5.41 Å². The predicted octanol–water partition coefficient (Wildman–Crippen LogP) is 2.57. The Hall–Kier alpha value is -2.92. The summed E-state index contributed by atoms with van der Waals surface area (Å²) < 4.78 is 0. The van der Waals surface area contributed by atoms with Crippen molar-refractivity contribution in [3.05, 3.63) is 59.7 Å². The fourth-order valence-corrected chi connectivity index (χ4v) is 2.20. The highest BCUT2D eigenvalue weighted by Gasteiger charge is 2.24. The molecule has 0 bridgehead atoms. The van der Waals surface area contributed by atoms with Gasteiger partial charge < -0.3 is 15.3 Å². The lowest BCUT2D eigenvalue weighted by Crippen LogP contribution is -2.32. The van der Waals surface area contributed by atoms with Gasteiger partial charge in [-0.3, -0.25) is 0 Å². The van der Waals surface area contributed by atoms with Crippen molar-refractivity contribution >= 4 is 23.5 Å². The summed E-state index contributed by atoms with van der Waals surface area (Å²) in [6.45, 7) is 1.35. The van der Waals surface area contributed by atoms with E-state index in [2.05, 4.69) is 9.98 Å². The molecule has 0 saturated heterocycles. The molecule has 3 N–H and O–H groups in total. The molecule has 0 aliphatic heterocycles. The Labute approximate surface area is 163 Å². The van der Waals surface area contributed by atoms with E-state index >= 15 is 0 Å². The summed E-state index contributed by atoms with van der Waals surface area (Å²) >= 11 is 0. The Morgan fingerprint density at radius 3 is 1.32 bits per heavy atom. The first kappa shape index (κ1) is 23.1. The van der Waals surface area contributed by atoms with Crippen molar-refractivity contribution in [1.82, 2.24) is 0 Å². The monoisotopic (exact) mass is 384 g/mol. The van der Waals surface area contributed by atoms with Gasteiger partial charge in [0.25, 0.3) is 0 Å². The molecule has 7 heteroatoms. The number of isocyanates is 2. The third-order valence-electron chi connectivity index (χ3n) is 4.39. The van der Waals surface area contributed by atoms with Gasteiger partial charge in [-0.05, 0) is 48.2 Å². The Bertz CT molecular complexity index is 725. The molecule has 0 radical (unpaired) electrons. The number of aliphatic hydroxyl groups excluding tert-OH is 3. The van der Waals surface area contributed by atoms with Crippen molar-refractivity contribution in [3.63, 3.8) is 0 Å². The SMILES string of the molecule is CCC(CO)(CO)CO.O=C=Nc1ccc(Cc2ccc(N=C=O)cc2)cc1. The van der Waals surface area contributed by atoms with Crippen molar-refractivity contribution in [2.24, 2.45) is 15.4 Å². The van der Waals surface area contributed by atoms with Gasteiger partial charge in [-0.15, -0.1) is 0 Å². The Balaban J connectivity index is 0.000000370. The molecule has 2 rings (SSSR count). The highest BCUT2D eigenvalue weighted by atomic mass is 16.3. The highest BCUT2D eigenvalue weighted by molar-refractivity contribution is 5.51. The standard InChI is InChI=1S/C15H10N2O2.C6H14O3/c18-10-16-14-5-1-12(2-6-14)9-13-3-7-15(8-4-13)17-11-19;1-2-6(3-7,4-8)5-9/h1-8H,9H2;7-9H,2-5H2,1H3. The highest BCUT2D eigenvalue weighted by Crippen LogP contribution is 2.19. The molecule has 0 unspecified atom stereocenters. The lowest BCUT2D eigenvalue weighted by atomic mass is 9.88. The molecule has 0 aliphatic rings. The summed E-state index contributed by atoms with van der Waals surface area (Å²) in [4.78, 5) is 27.3. The van der Waals surface area contributed by atoms with Crippen LogP contribution in [-0.2, 0) is 16.0 Å². The van der Waals surface area contributed by atoms with Gasteiger partial charge in [0.05, 0.1) is 31.2 Å². The molecule has 0 spiro atoms. The Kier molecular flexibility index (Phi) is 10.3. The first-order chi connectivity index (χ1) is 13.6. The zero-order valence-electron chi connectivity index (χ0n) is 15.7. The summed E-state index contributed by atoms with van der Waals surface area (Å²) in [5, 5.41) is 26.0. The quantitative estimate of drug-likeness (QED) is 0.477. The van der Waals surface area contributed by atoms with Crippen molar-refractivity contribution in [1.29, 1.82) is 0 Å². The summed E-state index contributed by atoms with van der Waals surface area (Å²) in [5.74, 6) is 0. The zero-order chi connectivity index (χ0) is 20.8. The van der Waals surface area contributed by atoms with E-state index < -0.39 is 5.41 Å². The average Bonchev–Trinajstić information content (AvgIpc) is 2.74. The molecular weight excluding hydrogens is 360 g/mol. The normalized spacial score (nSPS) is 10.1. The maximum Gasteiger partial charge on any atom is 0.240 e. The first-order valence-corrected chi connectivity index (χ1v) is 8.72. The van der Waals surface area contributed by atoms with Gasteiger partial charge in [0, 0.05) is 5.41 Å². The topological polar surface area (TPSA) is 120 Å². The Morgan fingerprint density at radius 1 is 0.750 bits per heavy atom. The molecular formula is C21H24N2O5. The van der Waals surface area contributed by atoms with Crippen molar-refractivity contribution in [2.75, 3.05) is 19.8 Å². The molecule has 0 amide bonds. The number of benzene rings is 2. The van der Waals surface area contributed by atoms with Gasteiger partial charge in [-0.2, -0.15) is 9.98 Å². The van der Waals surface area contributed by atoms with Crippen LogP contribution in [0.3, 0.4) is 0 Å². The molecule has 0 saturated carbocycles. The van der Waals surface area contributed by atoms with E-state index in [1.807, 2.05) is 31.2 Å². The molecule has 2 aromatic carbocycles. The zero-order valence-corrected chi connectivity index (χ0v) is 15.7. The van der Waals surface area contributed by atoms with Crippen molar-refractivity contribution < 1.29 is 24.9 Å². The van der Waals surface area contributed by atoms with Crippen LogP contribution in [0.1, 0.15) is 24.5 Å². The van der Waals surface area contributed by atoms with Crippen LogP contribution in [0.25, 0.3) is 0 Å². The second-order valence-electron chi connectivity index (χ2n) is 6.24. The molecule has 0 atom stereocenters. The van der Waals surface area contributed by atoms with E-state index in [-0.39, 0.29) is 19.8 Å². The molecule has 2 aromatic rings. The Morgan fingerprint density at radius 2 is 1.11 bits per heavy atom. The van der Waals surface area contributed by atoms with Gasteiger partial charge in [0.1, 0.15) is 0 Å². The van der Waals surface area contributed by atoms with Crippen molar-refractivity contribution in [3.8, 4) is 0 Å². The van der Waals surface area contributed by atoms with E-state index in [4.69, 9.17) is 15.3 Å². The second kappa shape index (κ2) is 12.5. The maximum absolute atomic E-state index is 10.1. The number of aliphatic imine (C=N–C) groups is 2. The number of carbonyl (C=O) groups excluding carboxylic acids is 2. The molecule has 7 nitrogen and oxygen atoms in total. The summed E-state index contributed by atoms with van der Waals surface area (Å²) in [5.41, 5.74) is 2.73. The average molecular weight is 384 g/mol. The minimum atomic E-state index is -0.667. The minimum absolute atomic E-state index is 0.156. The van der Waals surface area contributed by atoms with Crippen LogP contribution in [-0.4, -0.2) is 47.3 Å². The third kappa shape index (κ3) is 7.37. The van der Waals surface area contributed by atoms with Crippen LogP contribution in [0.15, 0.2) is 58.5 Å². The number of hydrogen-bond acceptors (Lipinski definition) is 7. The molecule has 148 valence electrons. The van der Waals surface area contributed by atoms with Crippen LogP contribution < -0.4 is 0 Å². The molecule has 0 heterocycles.